The van der Waals surface area contributed by atoms with Crippen molar-refractivity contribution in [1.82, 2.24) is 5.32 Å². The van der Waals surface area contributed by atoms with Crippen molar-refractivity contribution in [3.8, 4) is 0 Å². The first kappa shape index (κ1) is 18.9. The maximum Gasteiger partial charge on any atom is 0.270 e. The molecule has 8 heteroatoms. The number of amides is 2. The monoisotopic (exact) mass is 356 g/mol. The van der Waals surface area contributed by atoms with Crippen LogP contribution >= 0.6 is 0 Å². The van der Waals surface area contributed by atoms with Gasteiger partial charge in [0.15, 0.2) is 0 Å². The molecule has 2 aromatic carbocycles. The molecule has 2 aromatic rings. The van der Waals surface area contributed by atoms with Crippen LogP contribution < -0.4 is 15.5 Å². The lowest BCUT2D eigenvalue weighted by Gasteiger charge is -2.17. The van der Waals surface area contributed by atoms with Gasteiger partial charge in [0, 0.05) is 49.7 Å². The molecule has 0 spiro atoms. The van der Waals surface area contributed by atoms with Crippen LogP contribution in [0.2, 0.25) is 0 Å². The zero-order valence-corrected chi connectivity index (χ0v) is 14.8. The number of benzene rings is 2. The van der Waals surface area contributed by atoms with Gasteiger partial charge in [-0.2, -0.15) is 0 Å². The number of nitrogens with zero attached hydrogens (tertiary/aromatic N) is 2. The van der Waals surface area contributed by atoms with Gasteiger partial charge < -0.3 is 15.5 Å². The van der Waals surface area contributed by atoms with Crippen LogP contribution in [0.25, 0.3) is 0 Å². The Labute approximate surface area is 151 Å². The fourth-order valence-electron chi connectivity index (χ4n) is 2.41. The molecule has 0 radical (unpaired) electrons. The quantitative estimate of drug-likeness (QED) is 0.611. The number of nitro groups is 1. The largest absolute Gasteiger partial charge is 0.377 e. The minimum Gasteiger partial charge on any atom is -0.377 e. The summed E-state index contributed by atoms with van der Waals surface area (Å²) < 4.78 is 0. The van der Waals surface area contributed by atoms with Gasteiger partial charge >= 0.3 is 0 Å². The molecule has 2 amide bonds. The summed E-state index contributed by atoms with van der Waals surface area (Å²) in [5.74, 6) is -0.738. The van der Waals surface area contributed by atoms with E-state index in [2.05, 4.69) is 10.6 Å². The third kappa shape index (κ3) is 4.35. The fourth-order valence-corrected chi connectivity index (χ4v) is 2.41. The predicted molar refractivity (Wildman–Crippen MR) is 99.8 cm³/mol. The van der Waals surface area contributed by atoms with E-state index in [1.54, 1.807) is 43.3 Å². The van der Waals surface area contributed by atoms with Crippen LogP contribution in [0.1, 0.15) is 27.6 Å². The number of hydrogen-bond donors (Lipinski definition) is 2. The van der Waals surface area contributed by atoms with E-state index in [1.165, 1.54) is 18.2 Å². The number of nitrogens with one attached hydrogen (secondary N) is 2. The summed E-state index contributed by atoms with van der Waals surface area (Å²) in [6.07, 6.45) is 0. The van der Waals surface area contributed by atoms with Gasteiger partial charge in [0.25, 0.3) is 17.5 Å². The molecule has 0 unspecified atom stereocenters. The lowest BCUT2D eigenvalue weighted by molar-refractivity contribution is -0.384. The van der Waals surface area contributed by atoms with E-state index >= 15 is 0 Å². The van der Waals surface area contributed by atoms with E-state index < -0.39 is 10.8 Å². The number of anilines is 2. The Morgan fingerprint density at radius 1 is 1.12 bits per heavy atom. The van der Waals surface area contributed by atoms with Gasteiger partial charge in [0.1, 0.15) is 0 Å². The minimum atomic E-state index is -0.550. The summed E-state index contributed by atoms with van der Waals surface area (Å²) in [6.45, 7) is 2.31. The minimum absolute atomic E-state index is 0.170. The second-order valence-electron chi connectivity index (χ2n) is 5.75. The first-order valence-electron chi connectivity index (χ1n) is 7.99. The third-order valence-electron chi connectivity index (χ3n) is 3.64. The smallest absolute Gasteiger partial charge is 0.270 e. The molecule has 0 saturated carbocycles. The first-order valence-corrected chi connectivity index (χ1v) is 7.99. The molecule has 0 fully saturated rings. The topological polar surface area (TPSA) is 105 Å². The SMILES string of the molecule is CCNC(=O)c1cccc(NC(=O)c2cc([N+](=O)[O-])ccc2N(C)C)c1. The fraction of sp³-hybridized carbons (Fsp3) is 0.222. The maximum atomic E-state index is 12.7. The summed E-state index contributed by atoms with van der Waals surface area (Å²) in [4.78, 5) is 36.7. The number of rotatable bonds is 6. The van der Waals surface area contributed by atoms with Crippen molar-refractivity contribution < 1.29 is 14.5 Å². The lowest BCUT2D eigenvalue weighted by Crippen LogP contribution is -2.23. The van der Waals surface area contributed by atoms with E-state index in [4.69, 9.17) is 0 Å². The zero-order valence-electron chi connectivity index (χ0n) is 14.8. The molecule has 2 N–H and O–H groups in total. The van der Waals surface area contributed by atoms with Crippen molar-refractivity contribution >= 4 is 28.9 Å². The number of hydrogen-bond acceptors (Lipinski definition) is 5. The second-order valence-corrected chi connectivity index (χ2v) is 5.75. The molecule has 0 aliphatic rings. The van der Waals surface area contributed by atoms with Crippen molar-refractivity contribution in [2.24, 2.45) is 0 Å². The molecule has 2 rings (SSSR count). The number of non-ortho nitro benzene ring substituents is 1. The van der Waals surface area contributed by atoms with Crippen LogP contribution in [0.3, 0.4) is 0 Å². The molecule has 0 bridgehead atoms. The molecule has 8 nitrogen and oxygen atoms in total. The van der Waals surface area contributed by atoms with E-state index in [0.717, 1.165) is 0 Å². The maximum absolute atomic E-state index is 12.7. The Morgan fingerprint density at radius 3 is 2.46 bits per heavy atom. The van der Waals surface area contributed by atoms with Gasteiger partial charge in [-0.3, -0.25) is 19.7 Å². The summed E-state index contributed by atoms with van der Waals surface area (Å²) in [6, 6.07) is 10.6. The zero-order chi connectivity index (χ0) is 19.3. The summed E-state index contributed by atoms with van der Waals surface area (Å²) in [7, 11) is 3.49. The highest BCUT2D eigenvalue weighted by Crippen LogP contribution is 2.25. The summed E-state index contributed by atoms with van der Waals surface area (Å²) >= 11 is 0. The van der Waals surface area contributed by atoms with Crippen LogP contribution in [-0.2, 0) is 0 Å². The van der Waals surface area contributed by atoms with E-state index in [0.29, 0.717) is 23.5 Å². The van der Waals surface area contributed by atoms with E-state index in [-0.39, 0.29) is 17.2 Å². The third-order valence-corrected chi connectivity index (χ3v) is 3.64. The Hall–Kier alpha value is -3.42. The van der Waals surface area contributed by atoms with Crippen molar-refractivity contribution in [1.29, 1.82) is 0 Å². The van der Waals surface area contributed by atoms with Crippen molar-refractivity contribution in [2.75, 3.05) is 30.9 Å². The highest BCUT2D eigenvalue weighted by Gasteiger charge is 2.18. The number of nitro benzene ring substituents is 1. The van der Waals surface area contributed by atoms with Crippen LogP contribution in [0, 0.1) is 10.1 Å². The average Bonchev–Trinajstić information content (AvgIpc) is 2.61. The average molecular weight is 356 g/mol. The number of carbonyl (C=O) groups is 2. The van der Waals surface area contributed by atoms with E-state index in [9.17, 15) is 19.7 Å². The van der Waals surface area contributed by atoms with Crippen LogP contribution in [-0.4, -0.2) is 37.4 Å². The number of carbonyl (C=O) groups excluding carboxylic acids is 2. The van der Waals surface area contributed by atoms with Crippen LogP contribution in [0.5, 0.6) is 0 Å². The predicted octanol–water partition coefficient (Wildman–Crippen LogP) is 2.66. The summed E-state index contributed by atoms with van der Waals surface area (Å²) in [5, 5.41) is 16.4. The van der Waals surface area contributed by atoms with Gasteiger partial charge in [-0.25, -0.2) is 0 Å². The van der Waals surface area contributed by atoms with Gasteiger partial charge in [-0.05, 0) is 31.2 Å². The molecule has 0 aliphatic heterocycles. The lowest BCUT2D eigenvalue weighted by atomic mass is 10.1. The Balaban J connectivity index is 2.32. The normalized spacial score (nSPS) is 10.1. The van der Waals surface area contributed by atoms with Crippen molar-refractivity contribution in [3.63, 3.8) is 0 Å². The highest BCUT2D eigenvalue weighted by molar-refractivity contribution is 6.09. The molecule has 0 aromatic heterocycles. The molecular weight excluding hydrogens is 336 g/mol. The molecule has 0 atom stereocenters. The second kappa shape index (κ2) is 8.11. The molecule has 0 saturated heterocycles. The Kier molecular flexibility index (Phi) is 5.90. The van der Waals surface area contributed by atoms with Crippen molar-refractivity contribution in [2.45, 2.75) is 6.92 Å². The summed E-state index contributed by atoms with van der Waals surface area (Å²) in [5.41, 5.74) is 1.39. The first-order chi connectivity index (χ1) is 12.3. The van der Waals surface area contributed by atoms with Gasteiger partial charge in [0.2, 0.25) is 0 Å². The van der Waals surface area contributed by atoms with Crippen LogP contribution in [0.4, 0.5) is 17.1 Å². The van der Waals surface area contributed by atoms with E-state index in [1.807, 2.05) is 6.92 Å². The molecule has 136 valence electrons. The standard InChI is InChI=1S/C18H20N4O4/c1-4-19-17(23)12-6-5-7-13(10-12)20-18(24)15-11-14(22(25)26)8-9-16(15)21(2)3/h5-11H,4H2,1-3H3,(H,19,23)(H,20,24). The Morgan fingerprint density at radius 2 is 1.85 bits per heavy atom. The van der Waals surface area contributed by atoms with Crippen LogP contribution in [0.15, 0.2) is 42.5 Å². The molecule has 0 heterocycles. The Bertz CT molecular complexity index is 849. The van der Waals surface area contributed by atoms with Gasteiger partial charge in [0.05, 0.1) is 10.5 Å². The van der Waals surface area contributed by atoms with Gasteiger partial charge in [-0.1, -0.05) is 6.07 Å². The van der Waals surface area contributed by atoms with Crippen molar-refractivity contribution in [3.05, 3.63) is 63.7 Å². The highest BCUT2D eigenvalue weighted by atomic mass is 16.6. The molecular formula is C18H20N4O4. The molecule has 26 heavy (non-hydrogen) atoms. The van der Waals surface area contributed by atoms with Gasteiger partial charge in [-0.15, -0.1) is 0 Å². The molecule has 0 aliphatic carbocycles.